The summed E-state index contributed by atoms with van der Waals surface area (Å²) in [6.45, 7) is 0. The van der Waals surface area contributed by atoms with Gasteiger partial charge in [0.2, 0.25) is 0 Å². The van der Waals surface area contributed by atoms with Crippen LogP contribution in [0, 0.1) is 0 Å². The first-order valence-electron chi connectivity index (χ1n) is 3.76. The van der Waals surface area contributed by atoms with Gasteiger partial charge in [-0.05, 0) is 0 Å². The van der Waals surface area contributed by atoms with Gasteiger partial charge in [0.05, 0.1) is 0 Å². The van der Waals surface area contributed by atoms with E-state index in [0.29, 0.717) is 0 Å². The molecule has 0 unspecified atom stereocenters. The summed E-state index contributed by atoms with van der Waals surface area (Å²) in [7, 11) is 0. The smallest absolute Gasteiger partial charge is 0.477 e. The Hall–Kier alpha value is 0.336. The molecule has 114 valence electrons. The number of hydrogen-bond donors (Lipinski definition) is 1. The van der Waals surface area contributed by atoms with Crippen LogP contribution in [0.1, 0.15) is 0 Å². The molecule has 0 aliphatic rings. The molecule has 0 aromatic heterocycles. The minimum absolute atomic E-state index is 0. The number of carboxylic acids is 1. The van der Waals surface area contributed by atoms with Crippen molar-refractivity contribution in [1.82, 2.24) is 0 Å². The maximum Gasteiger partial charge on any atom is 1.00 e. The molecular weight excluding hydrogens is 352 g/mol. The van der Waals surface area contributed by atoms with Gasteiger partial charge in [-0.1, -0.05) is 0 Å². The van der Waals surface area contributed by atoms with Crippen LogP contribution in [0.2, 0.25) is 0 Å². The minimum atomic E-state index is -7.68. The zero-order valence-electron chi connectivity index (χ0n) is 9.01. The largest absolute Gasteiger partial charge is 1.00 e. The zero-order chi connectivity index (χ0) is 16.1. The van der Waals surface area contributed by atoms with Gasteiger partial charge >= 0.3 is 87.2 Å². The van der Waals surface area contributed by atoms with Crippen molar-refractivity contribution >= 4 is 5.97 Å². The van der Waals surface area contributed by atoms with Crippen LogP contribution in [0.25, 0.3) is 0 Å². The molecule has 0 radical (unpaired) electrons. The molecule has 0 saturated carbocycles. The summed E-state index contributed by atoms with van der Waals surface area (Å²) in [5.74, 6) is -33.6. The van der Waals surface area contributed by atoms with E-state index in [4.69, 9.17) is 5.11 Å². The fraction of sp³-hybridized carbons (Fsp3) is 0.833. The summed E-state index contributed by atoms with van der Waals surface area (Å²) >= 11 is 0. The van der Waals surface area contributed by atoms with Crippen molar-refractivity contribution in [3.05, 3.63) is 0 Å². The van der Waals surface area contributed by atoms with Crippen LogP contribution in [-0.4, -0.2) is 40.9 Å². The fourth-order valence-corrected chi connectivity index (χ4v) is 0.707. The third kappa shape index (κ3) is 3.07. The van der Waals surface area contributed by atoms with E-state index in [2.05, 4.69) is 0 Å². The van der Waals surface area contributed by atoms with E-state index in [1.165, 1.54) is 0 Å². The second kappa shape index (κ2) is 5.85. The SMILES string of the molecule is O=C(O)C(F)(F)C(F)(F)C(F)(F)C(F)(F)C(F)(F)F.[K+]. The van der Waals surface area contributed by atoms with Gasteiger partial charge in [-0.15, -0.1) is 0 Å². The number of aliphatic carboxylic acids is 1. The molecule has 0 fully saturated rings. The van der Waals surface area contributed by atoms with Crippen LogP contribution in [0.4, 0.5) is 48.3 Å². The molecule has 20 heavy (non-hydrogen) atoms. The molecule has 0 amide bonds. The summed E-state index contributed by atoms with van der Waals surface area (Å²) < 4.78 is 133. The number of halogens is 11. The van der Waals surface area contributed by atoms with Gasteiger partial charge in [0.15, 0.2) is 0 Å². The predicted molar refractivity (Wildman–Crippen MR) is 33.5 cm³/mol. The Morgan fingerprint density at radius 1 is 0.650 bits per heavy atom. The number of alkyl halides is 11. The molecule has 0 saturated heterocycles. The van der Waals surface area contributed by atoms with E-state index in [-0.39, 0.29) is 51.4 Å². The van der Waals surface area contributed by atoms with Gasteiger partial charge in [0.1, 0.15) is 0 Å². The quantitative estimate of drug-likeness (QED) is 0.579. The van der Waals surface area contributed by atoms with E-state index >= 15 is 0 Å². The monoisotopic (exact) mass is 353 g/mol. The van der Waals surface area contributed by atoms with Gasteiger partial charge in [-0.3, -0.25) is 0 Å². The Morgan fingerprint density at radius 2 is 0.950 bits per heavy atom. The maximum atomic E-state index is 12.4. The normalized spacial score (nSPS) is 14.8. The topological polar surface area (TPSA) is 37.3 Å². The molecule has 0 aromatic carbocycles. The number of rotatable bonds is 4. The third-order valence-electron chi connectivity index (χ3n) is 1.81. The Labute approximate surface area is 144 Å². The number of carbonyl (C=O) groups is 1. The van der Waals surface area contributed by atoms with Crippen molar-refractivity contribution < 1.29 is 110 Å². The van der Waals surface area contributed by atoms with Crippen molar-refractivity contribution in [3.63, 3.8) is 0 Å². The van der Waals surface area contributed by atoms with E-state index in [9.17, 15) is 53.1 Å². The van der Waals surface area contributed by atoms with Gasteiger partial charge < -0.3 is 5.11 Å². The first kappa shape index (κ1) is 22.6. The van der Waals surface area contributed by atoms with E-state index in [1.807, 2.05) is 0 Å². The molecule has 0 spiro atoms. The summed E-state index contributed by atoms with van der Waals surface area (Å²) in [5.41, 5.74) is 0. The van der Waals surface area contributed by atoms with Crippen LogP contribution < -0.4 is 51.4 Å². The average Bonchev–Trinajstić information content (AvgIpc) is 2.14. The summed E-state index contributed by atoms with van der Waals surface area (Å²) in [5, 5.41) is 7.52. The van der Waals surface area contributed by atoms with Gasteiger partial charge in [-0.2, -0.15) is 48.3 Å². The van der Waals surface area contributed by atoms with Crippen LogP contribution in [-0.2, 0) is 4.79 Å². The second-order valence-electron chi connectivity index (χ2n) is 3.10. The van der Waals surface area contributed by atoms with Crippen LogP contribution >= 0.6 is 0 Å². The Balaban J connectivity index is 0. The second-order valence-corrected chi connectivity index (χ2v) is 3.10. The third-order valence-corrected chi connectivity index (χ3v) is 1.81. The van der Waals surface area contributed by atoms with Gasteiger partial charge in [0, 0.05) is 0 Å². The molecule has 0 heterocycles. The molecule has 0 rings (SSSR count). The molecule has 0 aliphatic heterocycles. The van der Waals surface area contributed by atoms with Gasteiger partial charge in [-0.25, -0.2) is 4.79 Å². The van der Waals surface area contributed by atoms with Crippen molar-refractivity contribution in [1.29, 1.82) is 0 Å². The molecule has 0 aliphatic carbocycles. The van der Waals surface area contributed by atoms with E-state index < -0.39 is 35.8 Å². The van der Waals surface area contributed by atoms with E-state index in [0.717, 1.165) is 0 Å². The molecule has 0 bridgehead atoms. The van der Waals surface area contributed by atoms with Crippen LogP contribution in [0.15, 0.2) is 0 Å². The molecule has 2 nitrogen and oxygen atoms in total. The number of carboxylic acid groups (broad SMARTS) is 1. The molecular formula is C6HF11KO2+. The summed E-state index contributed by atoms with van der Waals surface area (Å²) in [6.07, 6.45) is -7.30. The molecule has 0 atom stereocenters. The first-order chi connectivity index (χ1) is 7.94. The summed E-state index contributed by atoms with van der Waals surface area (Å²) in [4.78, 5) is 9.60. The van der Waals surface area contributed by atoms with E-state index in [1.54, 1.807) is 0 Å². The minimum Gasteiger partial charge on any atom is -0.477 e. The van der Waals surface area contributed by atoms with Crippen LogP contribution in [0.3, 0.4) is 0 Å². The van der Waals surface area contributed by atoms with Crippen molar-refractivity contribution in [3.8, 4) is 0 Å². The Morgan fingerprint density at radius 3 is 1.15 bits per heavy atom. The van der Waals surface area contributed by atoms with Crippen molar-refractivity contribution in [2.24, 2.45) is 0 Å². The fourth-order valence-electron chi connectivity index (χ4n) is 0.707. The summed E-state index contributed by atoms with van der Waals surface area (Å²) in [6, 6.07) is 0. The predicted octanol–water partition coefficient (Wildman–Crippen LogP) is 0.179. The number of hydrogen-bond acceptors (Lipinski definition) is 1. The van der Waals surface area contributed by atoms with Gasteiger partial charge in [0.25, 0.3) is 0 Å². The molecule has 14 heteroatoms. The molecule has 1 N–H and O–H groups in total. The van der Waals surface area contributed by atoms with Crippen LogP contribution in [0.5, 0.6) is 0 Å². The van der Waals surface area contributed by atoms with Crippen molar-refractivity contribution in [2.45, 2.75) is 29.9 Å². The Bertz CT molecular complexity index is 374. The standard InChI is InChI=1S/C6HF11O2.K/c7-2(8,1(18)19)3(9,10)4(11,12)5(13,14)6(15,16)17;/h(H,18,19);/q;+1. The molecule has 0 aromatic rings. The maximum absolute atomic E-state index is 12.4. The first-order valence-corrected chi connectivity index (χ1v) is 3.76. The van der Waals surface area contributed by atoms with Crippen molar-refractivity contribution in [2.75, 3.05) is 0 Å². The average molecular weight is 353 g/mol. The zero-order valence-corrected chi connectivity index (χ0v) is 12.1. The Kier molecular flexibility index (Phi) is 6.62.